The number of rotatable bonds is 4. The van der Waals surface area contributed by atoms with E-state index in [1.54, 1.807) is 6.26 Å². The average molecular weight is 445 g/mol. The zero-order valence-electron chi connectivity index (χ0n) is 19.0. The molecule has 1 amide bonds. The van der Waals surface area contributed by atoms with Crippen molar-refractivity contribution in [1.82, 2.24) is 9.88 Å². The first-order valence-electron chi connectivity index (χ1n) is 11.7. The Hall–Kier alpha value is -3.41. The van der Waals surface area contributed by atoms with Gasteiger partial charge in [0.1, 0.15) is 5.76 Å². The van der Waals surface area contributed by atoms with Gasteiger partial charge < -0.3 is 14.1 Å². The van der Waals surface area contributed by atoms with Gasteiger partial charge in [0.25, 0.3) is 5.91 Å². The van der Waals surface area contributed by atoms with Gasteiger partial charge in [-0.15, -0.1) is 0 Å². The fourth-order valence-electron chi connectivity index (χ4n) is 5.24. The first-order chi connectivity index (χ1) is 16.0. The van der Waals surface area contributed by atoms with Crippen LogP contribution >= 0.6 is 0 Å². The number of ether oxygens (including phenoxy) is 1. The molecule has 2 aromatic heterocycles. The molecule has 0 radical (unpaired) electrons. The predicted molar refractivity (Wildman–Crippen MR) is 127 cm³/mol. The van der Waals surface area contributed by atoms with E-state index in [4.69, 9.17) is 14.1 Å². The maximum atomic E-state index is 13.3. The lowest BCUT2D eigenvalue weighted by Gasteiger charge is -2.38. The van der Waals surface area contributed by atoms with Crippen LogP contribution in [0.3, 0.4) is 0 Å². The first kappa shape index (κ1) is 21.4. The molecule has 6 nitrogen and oxygen atoms in total. The van der Waals surface area contributed by atoms with Gasteiger partial charge in [0.15, 0.2) is 6.61 Å². The van der Waals surface area contributed by atoms with Crippen LogP contribution in [0.4, 0.5) is 0 Å². The molecular weight excluding hydrogens is 416 g/mol. The number of amides is 1. The zero-order valence-corrected chi connectivity index (χ0v) is 19.0. The molecule has 3 aromatic rings. The Kier molecular flexibility index (Phi) is 5.75. The molecule has 0 saturated carbocycles. The molecule has 1 aliphatic heterocycles. The average Bonchev–Trinajstić information content (AvgIpc) is 3.46. The van der Waals surface area contributed by atoms with Crippen molar-refractivity contribution in [1.29, 1.82) is 0 Å². The van der Waals surface area contributed by atoms with E-state index in [1.807, 2.05) is 47.4 Å². The second kappa shape index (κ2) is 8.85. The molecule has 170 valence electrons. The van der Waals surface area contributed by atoms with E-state index in [9.17, 15) is 9.59 Å². The van der Waals surface area contributed by atoms with Crippen LogP contribution in [0, 0.1) is 0 Å². The molecule has 1 saturated heterocycles. The van der Waals surface area contributed by atoms with Crippen LogP contribution in [-0.4, -0.2) is 40.5 Å². The molecule has 0 spiro atoms. The lowest BCUT2D eigenvalue weighted by Crippen LogP contribution is -2.49. The van der Waals surface area contributed by atoms with Gasteiger partial charge in [-0.1, -0.05) is 18.2 Å². The molecule has 6 heteroatoms. The lowest BCUT2D eigenvalue weighted by molar-refractivity contribution is -0.140. The fraction of sp³-hybridized carbons (Fsp3) is 0.370. The summed E-state index contributed by atoms with van der Waals surface area (Å²) in [6.45, 7) is 3.88. The highest BCUT2D eigenvalue weighted by atomic mass is 16.5. The molecule has 2 atom stereocenters. The van der Waals surface area contributed by atoms with Crippen molar-refractivity contribution in [2.45, 2.75) is 58.0 Å². The van der Waals surface area contributed by atoms with Crippen molar-refractivity contribution < 1.29 is 18.7 Å². The summed E-state index contributed by atoms with van der Waals surface area (Å²) in [5.41, 5.74) is 3.98. The number of benzene rings is 1. The summed E-state index contributed by atoms with van der Waals surface area (Å²) in [6, 6.07) is 11.7. The summed E-state index contributed by atoms with van der Waals surface area (Å²) in [6.07, 6.45) is 8.16. The molecule has 0 bridgehead atoms. The van der Waals surface area contributed by atoms with E-state index in [-0.39, 0.29) is 24.6 Å². The standard InChI is InChI=1S/C27H28N2O4/c1-17-7-5-8-18(2)29(17)24(30)16-33-27(31)25-21-10-3-4-11-23(21)28-26-19(12-13-22(25)26)15-20-9-6-14-32-20/h3-4,6,9-11,14-15,17-18H,5,7-8,12-13,16H2,1-2H3. The lowest BCUT2D eigenvalue weighted by atomic mass is 9.97. The third kappa shape index (κ3) is 4.06. The highest BCUT2D eigenvalue weighted by Crippen LogP contribution is 2.38. The molecule has 5 rings (SSSR count). The highest BCUT2D eigenvalue weighted by Gasteiger charge is 2.31. The van der Waals surface area contributed by atoms with Crippen molar-refractivity contribution in [2.75, 3.05) is 6.61 Å². The van der Waals surface area contributed by atoms with Crippen LogP contribution < -0.4 is 0 Å². The Morgan fingerprint density at radius 3 is 2.67 bits per heavy atom. The van der Waals surface area contributed by atoms with E-state index in [0.717, 1.165) is 59.2 Å². The molecule has 1 aromatic carbocycles. The van der Waals surface area contributed by atoms with Crippen molar-refractivity contribution in [3.63, 3.8) is 0 Å². The number of hydrogen-bond donors (Lipinski definition) is 0. The summed E-state index contributed by atoms with van der Waals surface area (Å²) < 4.78 is 11.1. The number of fused-ring (bicyclic) bond motifs is 2. The Morgan fingerprint density at radius 1 is 1.12 bits per heavy atom. The number of para-hydroxylation sites is 1. The Bertz CT molecular complexity index is 1220. The molecule has 1 aliphatic carbocycles. The van der Waals surface area contributed by atoms with Crippen LogP contribution in [0.25, 0.3) is 22.6 Å². The van der Waals surface area contributed by atoms with Gasteiger partial charge in [0, 0.05) is 17.5 Å². The van der Waals surface area contributed by atoms with Crippen molar-refractivity contribution in [3.8, 4) is 0 Å². The summed E-state index contributed by atoms with van der Waals surface area (Å²) >= 11 is 0. The third-order valence-electron chi connectivity index (χ3n) is 6.81. The van der Waals surface area contributed by atoms with E-state index in [0.29, 0.717) is 12.0 Å². The number of carbonyl (C=O) groups is 2. The number of pyridine rings is 1. The van der Waals surface area contributed by atoms with Crippen LogP contribution in [0.2, 0.25) is 0 Å². The molecule has 2 unspecified atom stereocenters. The van der Waals surface area contributed by atoms with Crippen molar-refractivity contribution in [2.24, 2.45) is 0 Å². The second-order valence-electron chi connectivity index (χ2n) is 9.02. The van der Waals surface area contributed by atoms with Gasteiger partial charge in [-0.05, 0) is 81.4 Å². The molecule has 0 N–H and O–H groups in total. The molecule has 3 heterocycles. The number of aromatic nitrogens is 1. The highest BCUT2D eigenvalue weighted by molar-refractivity contribution is 6.07. The number of allylic oxidation sites excluding steroid dienone is 1. The topological polar surface area (TPSA) is 72.6 Å². The van der Waals surface area contributed by atoms with E-state index in [2.05, 4.69) is 13.8 Å². The van der Waals surface area contributed by atoms with E-state index >= 15 is 0 Å². The number of likely N-dealkylation sites (tertiary alicyclic amines) is 1. The molecule has 33 heavy (non-hydrogen) atoms. The van der Waals surface area contributed by atoms with Gasteiger partial charge in [-0.25, -0.2) is 9.78 Å². The van der Waals surface area contributed by atoms with Crippen LogP contribution in [0.1, 0.15) is 66.9 Å². The van der Waals surface area contributed by atoms with Crippen LogP contribution in [0.5, 0.6) is 0 Å². The minimum absolute atomic E-state index is 0.128. The van der Waals surface area contributed by atoms with Crippen molar-refractivity contribution in [3.05, 3.63) is 65.2 Å². The SMILES string of the molecule is CC1CCCC(C)N1C(=O)COC(=O)c1c2c(nc3ccccc13)C(=Cc1ccco1)CC2. The van der Waals surface area contributed by atoms with Gasteiger partial charge in [-0.3, -0.25) is 4.79 Å². The first-order valence-corrected chi connectivity index (χ1v) is 11.7. The Labute approximate surface area is 193 Å². The molecule has 2 aliphatic rings. The monoisotopic (exact) mass is 444 g/mol. The quantitative estimate of drug-likeness (QED) is 0.513. The molecular formula is C27H28N2O4. The number of furan rings is 1. The number of piperidine rings is 1. The Morgan fingerprint density at radius 2 is 1.91 bits per heavy atom. The largest absolute Gasteiger partial charge is 0.465 e. The second-order valence-corrected chi connectivity index (χ2v) is 9.02. The predicted octanol–water partition coefficient (Wildman–Crippen LogP) is 5.26. The van der Waals surface area contributed by atoms with Crippen LogP contribution in [-0.2, 0) is 16.0 Å². The third-order valence-corrected chi connectivity index (χ3v) is 6.81. The summed E-state index contributed by atoms with van der Waals surface area (Å²) in [4.78, 5) is 33.0. The van der Waals surface area contributed by atoms with E-state index < -0.39 is 5.97 Å². The smallest absolute Gasteiger partial charge is 0.339 e. The fourth-order valence-corrected chi connectivity index (χ4v) is 5.24. The van der Waals surface area contributed by atoms with Crippen LogP contribution in [0.15, 0.2) is 47.1 Å². The maximum Gasteiger partial charge on any atom is 0.339 e. The summed E-state index contributed by atoms with van der Waals surface area (Å²) in [5, 5.41) is 0.757. The zero-order chi connectivity index (χ0) is 22.9. The molecule has 1 fully saturated rings. The number of esters is 1. The number of hydrogen-bond acceptors (Lipinski definition) is 5. The van der Waals surface area contributed by atoms with Gasteiger partial charge in [0.2, 0.25) is 0 Å². The minimum Gasteiger partial charge on any atom is -0.465 e. The minimum atomic E-state index is -0.463. The van der Waals surface area contributed by atoms with Gasteiger partial charge in [-0.2, -0.15) is 0 Å². The summed E-state index contributed by atoms with van der Waals surface area (Å²) in [7, 11) is 0. The van der Waals surface area contributed by atoms with E-state index in [1.165, 1.54) is 0 Å². The van der Waals surface area contributed by atoms with Gasteiger partial charge >= 0.3 is 5.97 Å². The normalized spacial score (nSPS) is 21.4. The van der Waals surface area contributed by atoms with Gasteiger partial charge in [0.05, 0.1) is 23.0 Å². The number of carbonyl (C=O) groups excluding carboxylic acids is 2. The summed E-state index contributed by atoms with van der Waals surface area (Å²) in [5.74, 6) is 0.165. The maximum absolute atomic E-state index is 13.3. The van der Waals surface area contributed by atoms with Crippen molar-refractivity contribution >= 4 is 34.4 Å². The Balaban J connectivity index is 1.45. The number of nitrogens with zero attached hydrogens (tertiary/aromatic N) is 2.